The highest BCUT2D eigenvalue weighted by atomic mass is 16.5. The van der Waals surface area contributed by atoms with Crippen LogP contribution in [0.2, 0.25) is 0 Å². The van der Waals surface area contributed by atoms with Crippen LogP contribution in [0.25, 0.3) is 0 Å². The van der Waals surface area contributed by atoms with Gasteiger partial charge in [0.2, 0.25) is 0 Å². The largest absolute Gasteiger partial charge is 0.469 e. The summed E-state index contributed by atoms with van der Waals surface area (Å²) in [5.41, 5.74) is 0.325. The fourth-order valence-corrected chi connectivity index (χ4v) is 2.91. The van der Waals surface area contributed by atoms with Crippen LogP contribution in [-0.2, 0) is 16.1 Å². The molecule has 1 saturated heterocycles. The topological polar surface area (TPSA) is 74.8 Å². The van der Waals surface area contributed by atoms with E-state index in [4.69, 9.17) is 4.74 Å². The van der Waals surface area contributed by atoms with Crippen molar-refractivity contribution in [2.45, 2.75) is 20.4 Å². The molecule has 132 valence electrons. The fourth-order valence-electron chi connectivity index (χ4n) is 2.91. The van der Waals surface area contributed by atoms with Crippen molar-refractivity contribution < 1.29 is 14.3 Å². The number of likely N-dealkylation sites (tertiary alicyclic amines) is 1. The van der Waals surface area contributed by atoms with Gasteiger partial charge in [-0.1, -0.05) is 6.92 Å². The Labute approximate surface area is 143 Å². The van der Waals surface area contributed by atoms with Crippen LogP contribution < -0.4 is 10.2 Å². The second-order valence-corrected chi connectivity index (χ2v) is 6.77. The summed E-state index contributed by atoms with van der Waals surface area (Å²) in [6.45, 7) is 5.14. The van der Waals surface area contributed by atoms with Crippen molar-refractivity contribution in [2.24, 2.45) is 11.3 Å². The molecule has 24 heavy (non-hydrogen) atoms. The summed E-state index contributed by atoms with van der Waals surface area (Å²) in [5.74, 6) is 0.627. The molecule has 1 aromatic rings. The number of amides is 2. The maximum absolute atomic E-state index is 12.4. The van der Waals surface area contributed by atoms with Gasteiger partial charge in [-0.2, -0.15) is 0 Å². The maximum atomic E-state index is 12.4. The molecule has 1 aliphatic heterocycles. The molecule has 7 heteroatoms. The highest BCUT2D eigenvalue weighted by Crippen LogP contribution is 2.36. The lowest BCUT2D eigenvalue weighted by atomic mass is 9.81. The van der Waals surface area contributed by atoms with Gasteiger partial charge in [-0.15, -0.1) is 0 Å². The summed E-state index contributed by atoms with van der Waals surface area (Å²) >= 11 is 0. The molecular formula is C17H26N4O3. The van der Waals surface area contributed by atoms with Gasteiger partial charge in [0.15, 0.2) is 0 Å². The standard InChI is InChI=1S/C17H26N4O3/c1-12-10-21(11-17(12,2)15(22)24-5)16(23)19-9-13-6-7-18-14(8-13)20(3)4/h6-8,12H,9-11H2,1-5H3,(H,19,23)/t12-,17-/m1/s1. The van der Waals surface area contributed by atoms with Gasteiger partial charge in [-0.25, -0.2) is 9.78 Å². The molecule has 7 nitrogen and oxygen atoms in total. The van der Waals surface area contributed by atoms with Crippen LogP contribution >= 0.6 is 0 Å². The number of ether oxygens (including phenoxy) is 1. The zero-order chi connectivity index (χ0) is 17.9. The van der Waals surface area contributed by atoms with Crippen molar-refractivity contribution in [3.05, 3.63) is 23.9 Å². The smallest absolute Gasteiger partial charge is 0.317 e. The zero-order valence-corrected chi connectivity index (χ0v) is 15.0. The van der Waals surface area contributed by atoms with Crippen LogP contribution in [0.3, 0.4) is 0 Å². The summed E-state index contributed by atoms with van der Waals surface area (Å²) in [7, 11) is 5.22. The number of carbonyl (C=O) groups excluding carboxylic acids is 2. The van der Waals surface area contributed by atoms with E-state index in [9.17, 15) is 9.59 Å². The number of urea groups is 1. The molecule has 2 amide bonds. The lowest BCUT2D eigenvalue weighted by molar-refractivity contribution is -0.152. The van der Waals surface area contributed by atoms with E-state index >= 15 is 0 Å². The van der Waals surface area contributed by atoms with Gasteiger partial charge in [0, 0.05) is 39.9 Å². The molecule has 1 N–H and O–H groups in total. The van der Waals surface area contributed by atoms with E-state index in [1.54, 1.807) is 11.1 Å². The summed E-state index contributed by atoms with van der Waals surface area (Å²) in [4.78, 5) is 32.3. The molecule has 2 rings (SSSR count). The predicted molar refractivity (Wildman–Crippen MR) is 91.7 cm³/mol. The van der Waals surface area contributed by atoms with Crippen LogP contribution in [0.15, 0.2) is 18.3 Å². The van der Waals surface area contributed by atoms with E-state index in [-0.39, 0.29) is 17.9 Å². The number of anilines is 1. The van der Waals surface area contributed by atoms with E-state index in [0.717, 1.165) is 11.4 Å². The first-order valence-electron chi connectivity index (χ1n) is 8.01. The number of aromatic nitrogens is 1. The highest BCUT2D eigenvalue weighted by Gasteiger charge is 2.48. The van der Waals surface area contributed by atoms with Crippen molar-refractivity contribution in [3.8, 4) is 0 Å². The minimum Gasteiger partial charge on any atom is -0.469 e. The molecule has 0 radical (unpaired) electrons. The molecular weight excluding hydrogens is 308 g/mol. The Kier molecular flexibility index (Phi) is 5.31. The van der Waals surface area contributed by atoms with Gasteiger partial charge in [-0.3, -0.25) is 4.79 Å². The normalized spacial score (nSPS) is 23.0. The summed E-state index contributed by atoms with van der Waals surface area (Å²) in [6.07, 6.45) is 1.73. The Morgan fingerprint density at radius 1 is 1.50 bits per heavy atom. The first-order valence-corrected chi connectivity index (χ1v) is 8.01. The van der Waals surface area contributed by atoms with E-state index < -0.39 is 5.41 Å². The monoisotopic (exact) mass is 334 g/mol. The summed E-state index contributed by atoms with van der Waals surface area (Å²) in [6, 6.07) is 3.64. The number of esters is 1. The average Bonchev–Trinajstić information content (AvgIpc) is 2.88. The molecule has 2 atom stereocenters. The Morgan fingerprint density at radius 3 is 2.83 bits per heavy atom. The van der Waals surface area contributed by atoms with Gasteiger partial charge in [0.05, 0.1) is 12.5 Å². The van der Waals surface area contributed by atoms with Gasteiger partial charge < -0.3 is 19.9 Å². The molecule has 0 aromatic carbocycles. The van der Waals surface area contributed by atoms with Crippen molar-refractivity contribution in [3.63, 3.8) is 0 Å². The van der Waals surface area contributed by atoms with Crippen molar-refractivity contribution in [1.82, 2.24) is 15.2 Å². The molecule has 0 spiro atoms. The van der Waals surface area contributed by atoms with E-state index in [1.807, 2.05) is 45.0 Å². The van der Waals surface area contributed by atoms with Crippen molar-refractivity contribution in [1.29, 1.82) is 0 Å². The minimum atomic E-state index is -0.652. The number of hydrogen-bond donors (Lipinski definition) is 1. The van der Waals surface area contributed by atoms with Crippen LogP contribution in [0.5, 0.6) is 0 Å². The van der Waals surface area contributed by atoms with E-state index in [0.29, 0.717) is 19.6 Å². The summed E-state index contributed by atoms with van der Waals surface area (Å²) < 4.78 is 4.89. The zero-order valence-electron chi connectivity index (χ0n) is 15.0. The SMILES string of the molecule is COC(=O)[C@]1(C)CN(C(=O)NCc2ccnc(N(C)C)c2)C[C@H]1C. The van der Waals surface area contributed by atoms with E-state index in [1.165, 1.54) is 7.11 Å². The summed E-state index contributed by atoms with van der Waals surface area (Å²) in [5, 5.41) is 2.91. The quantitative estimate of drug-likeness (QED) is 0.845. The molecule has 0 aliphatic carbocycles. The minimum absolute atomic E-state index is 0.0527. The second kappa shape index (κ2) is 7.07. The van der Waals surface area contributed by atoms with Gasteiger partial charge in [0.1, 0.15) is 5.82 Å². The number of nitrogens with zero attached hydrogens (tertiary/aromatic N) is 3. The number of rotatable bonds is 4. The van der Waals surface area contributed by atoms with Gasteiger partial charge in [-0.05, 0) is 30.5 Å². The molecule has 0 unspecified atom stereocenters. The molecule has 1 aromatic heterocycles. The van der Waals surface area contributed by atoms with Crippen LogP contribution in [0.4, 0.5) is 10.6 Å². The number of pyridine rings is 1. The third-order valence-corrected chi connectivity index (χ3v) is 4.75. The molecule has 1 fully saturated rings. The molecule has 0 bridgehead atoms. The first kappa shape index (κ1) is 18.0. The highest BCUT2D eigenvalue weighted by molar-refractivity contribution is 5.81. The van der Waals surface area contributed by atoms with Gasteiger partial charge in [0.25, 0.3) is 0 Å². The Morgan fingerprint density at radius 2 is 2.21 bits per heavy atom. The van der Waals surface area contributed by atoms with Crippen LogP contribution in [0.1, 0.15) is 19.4 Å². The lowest BCUT2D eigenvalue weighted by Gasteiger charge is -2.24. The second-order valence-electron chi connectivity index (χ2n) is 6.77. The van der Waals surface area contributed by atoms with Crippen LogP contribution in [-0.4, -0.2) is 56.2 Å². The number of methoxy groups -OCH3 is 1. The lowest BCUT2D eigenvalue weighted by Crippen LogP contribution is -2.41. The number of hydrogen-bond acceptors (Lipinski definition) is 5. The Balaban J connectivity index is 1.96. The maximum Gasteiger partial charge on any atom is 0.317 e. The van der Waals surface area contributed by atoms with Crippen molar-refractivity contribution >= 4 is 17.8 Å². The van der Waals surface area contributed by atoms with Gasteiger partial charge >= 0.3 is 12.0 Å². The third-order valence-electron chi connectivity index (χ3n) is 4.75. The molecule has 0 saturated carbocycles. The molecule has 2 heterocycles. The Bertz CT molecular complexity index is 620. The first-order chi connectivity index (χ1) is 11.3. The predicted octanol–water partition coefficient (Wildman–Crippen LogP) is 1.49. The number of nitrogens with one attached hydrogen (secondary N) is 1. The molecule has 1 aliphatic rings. The average molecular weight is 334 g/mol. The van der Waals surface area contributed by atoms with Crippen LogP contribution in [0, 0.1) is 11.3 Å². The fraction of sp³-hybridized carbons (Fsp3) is 0.588. The number of carbonyl (C=O) groups is 2. The van der Waals surface area contributed by atoms with E-state index in [2.05, 4.69) is 10.3 Å². The Hall–Kier alpha value is -2.31. The third kappa shape index (κ3) is 3.60. The van der Waals surface area contributed by atoms with Crippen molar-refractivity contribution in [2.75, 3.05) is 39.2 Å².